The Morgan fingerprint density at radius 1 is 1.08 bits per heavy atom. The average Bonchev–Trinajstić information content (AvgIpc) is 2.66. The third kappa shape index (κ3) is 4.98. The molecule has 0 aromatic heterocycles. The first-order valence-corrected chi connectivity index (χ1v) is 7.61. The number of rotatable bonds is 4. The van der Waals surface area contributed by atoms with Gasteiger partial charge in [-0.15, -0.1) is 0 Å². The Labute approximate surface area is 153 Å². The molecule has 0 spiro atoms. The molecule has 1 amide bonds. The van der Waals surface area contributed by atoms with Gasteiger partial charge >= 0.3 is 5.97 Å². The largest absolute Gasteiger partial charge is 0.465 e. The van der Waals surface area contributed by atoms with Gasteiger partial charge in [0, 0.05) is 23.4 Å². The molecule has 0 radical (unpaired) electrons. The van der Waals surface area contributed by atoms with Gasteiger partial charge in [-0.1, -0.05) is 6.07 Å². The highest BCUT2D eigenvalue weighted by atomic mass is 32.1. The molecular formula is C16H14N4O5S. The first-order valence-electron chi connectivity index (χ1n) is 7.21. The Morgan fingerprint density at radius 3 is 2.38 bits per heavy atom. The van der Waals surface area contributed by atoms with Crippen molar-refractivity contribution in [3.05, 3.63) is 69.8 Å². The van der Waals surface area contributed by atoms with Crippen LogP contribution < -0.4 is 16.2 Å². The molecule has 0 saturated carbocycles. The molecular weight excluding hydrogens is 360 g/mol. The Balaban J connectivity index is 1.90. The zero-order chi connectivity index (χ0) is 19.1. The van der Waals surface area contributed by atoms with Gasteiger partial charge in [-0.05, 0) is 42.5 Å². The lowest BCUT2D eigenvalue weighted by molar-refractivity contribution is -0.384. The number of anilines is 1. The molecule has 0 aliphatic carbocycles. The number of benzene rings is 2. The van der Waals surface area contributed by atoms with E-state index in [0.29, 0.717) is 11.3 Å². The summed E-state index contributed by atoms with van der Waals surface area (Å²) in [4.78, 5) is 33.5. The number of nitro groups is 1. The van der Waals surface area contributed by atoms with Gasteiger partial charge in [-0.3, -0.25) is 25.8 Å². The van der Waals surface area contributed by atoms with Gasteiger partial charge in [0.15, 0.2) is 5.11 Å². The lowest BCUT2D eigenvalue weighted by Crippen LogP contribution is -2.43. The van der Waals surface area contributed by atoms with Gasteiger partial charge in [0.05, 0.1) is 17.6 Å². The second-order valence-corrected chi connectivity index (χ2v) is 5.32. The van der Waals surface area contributed by atoms with E-state index in [4.69, 9.17) is 12.2 Å². The molecule has 10 heteroatoms. The van der Waals surface area contributed by atoms with Gasteiger partial charge in [-0.25, -0.2) is 4.79 Å². The van der Waals surface area contributed by atoms with Crippen LogP contribution in [0.3, 0.4) is 0 Å². The number of hydrogen-bond acceptors (Lipinski definition) is 6. The number of carbonyl (C=O) groups excluding carboxylic acids is 2. The molecule has 0 aliphatic heterocycles. The van der Waals surface area contributed by atoms with Crippen molar-refractivity contribution >= 4 is 40.6 Å². The van der Waals surface area contributed by atoms with Crippen molar-refractivity contribution in [3.63, 3.8) is 0 Å². The molecule has 2 rings (SSSR count). The van der Waals surface area contributed by atoms with Crippen LogP contribution in [0, 0.1) is 10.1 Å². The van der Waals surface area contributed by atoms with E-state index in [9.17, 15) is 19.7 Å². The van der Waals surface area contributed by atoms with Crippen LogP contribution in [-0.2, 0) is 4.74 Å². The first kappa shape index (κ1) is 18.8. The summed E-state index contributed by atoms with van der Waals surface area (Å²) in [5.74, 6) is -1.04. The van der Waals surface area contributed by atoms with Crippen LogP contribution in [0.2, 0.25) is 0 Å². The monoisotopic (exact) mass is 374 g/mol. The first-order chi connectivity index (χ1) is 12.4. The summed E-state index contributed by atoms with van der Waals surface area (Å²) in [6.07, 6.45) is 0. The number of nitrogens with zero attached hydrogens (tertiary/aromatic N) is 1. The zero-order valence-corrected chi connectivity index (χ0v) is 14.3. The fraction of sp³-hybridized carbons (Fsp3) is 0.0625. The fourth-order valence-electron chi connectivity index (χ4n) is 1.92. The molecule has 0 unspecified atom stereocenters. The second kappa shape index (κ2) is 8.53. The Bertz CT molecular complexity index is 854. The van der Waals surface area contributed by atoms with E-state index in [0.717, 1.165) is 6.07 Å². The number of esters is 1. The molecule has 0 aliphatic rings. The van der Waals surface area contributed by atoms with E-state index in [1.165, 1.54) is 25.3 Å². The maximum atomic E-state index is 12.0. The number of nitrogens with one attached hydrogen (secondary N) is 3. The fourth-order valence-corrected chi connectivity index (χ4v) is 2.09. The molecule has 0 fully saturated rings. The van der Waals surface area contributed by atoms with Crippen LogP contribution in [0.4, 0.5) is 11.4 Å². The van der Waals surface area contributed by atoms with Crippen molar-refractivity contribution in [2.45, 2.75) is 0 Å². The summed E-state index contributed by atoms with van der Waals surface area (Å²) in [7, 11) is 1.29. The Hall–Kier alpha value is -3.53. The van der Waals surface area contributed by atoms with Crippen LogP contribution in [0.25, 0.3) is 0 Å². The molecule has 0 heterocycles. The molecule has 0 saturated heterocycles. The minimum atomic E-state index is -0.589. The average molecular weight is 374 g/mol. The highest BCUT2D eigenvalue weighted by Crippen LogP contribution is 2.13. The number of thiocarbonyl (C=S) groups is 1. The van der Waals surface area contributed by atoms with E-state index in [1.54, 1.807) is 24.3 Å². The quantitative estimate of drug-likeness (QED) is 0.321. The molecule has 3 N–H and O–H groups in total. The lowest BCUT2D eigenvalue weighted by atomic mass is 10.2. The maximum Gasteiger partial charge on any atom is 0.337 e. The van der Waals surface area contributed by atoms with Crippen LogP contribution in [-0.4, -0.2) is 29.0 Å². The van der Waals surface area contributed by atoms with Crippen LogP contribution in [0.5, 0.6) is 0 Å². The minimum Gasteiger partial charge on any atom is -0.465 e. The van der Waals surface area contributed by atoms with E-state index in [1.807, 2.05) is 0 Å². The van der Waals surface area contributed by atoms with Crippen molar-refractivity contribution in [3.8, 4) is 0 Å². The highest BCUT2D eigenvalue weighted by Gasteiger charge is 2.11. The molecule has 2 aromatic carbocycles. The number of nitro benzene ring substituents is 1. The summed E-state index contributed by atoms with van der Waals surface area (Å²) >= 11 is 5.04. The van der Waals surface area contributed by atoms with Crippen molar-refractivity contribution in [1.29, 1.82) is 0 Å². The topological polar surface area (TPSA) is 123 Å². The second-order valence-electron chi connectivity index (χ2n) is 4.91. The van der Waals surface area contributed by atoms with Crippen molar-refractivity contribution < 1.29 is 19.2 Å². The molecule has 9 nitrogen and oxygen atoms in total. The summed E-state index contributed by atoms with van der Waals surface area (Å²) in [5, 5.41) is 13.6. The van der Waals surface area contributed by atoms with Gasteiger partial charge < -0.3 is 10.1 Å². The lowest BCUT2D eigenvalue weighted by Gasteiger charge is -2.12. The SMILES string of the molecule is COC(=O)c1ccc(NC(=S)NNC(=O)c2cccc([N+](=O)[O-])c2)cc1. The smallest absolute Gasteiger partial charge is 0.337 e. The zero-order valence-electron chi connectivity index (χ0n) is 13.5. The number of ether oxygens (including phenoxy) is 1. The van der Waals surface area contributed by atoms with E-state index >= 15 is 0 Å². The number of carbonyl (C=O) groups is 2. The van der Waals surface area contributed by atoms with Crippen LogP contribution in [0.15, 0.2) is 48.5 Å². The van der Waals surface area contributed by atoms with Gasteiger partial charge in [0.2, 0.25) is 0 Å². The highest BCUT2D eigenvalue weighted by molar-refractivity contribution is 7.80. The number of hydrogen-bond donors (Lipinski definition) is 3. The van der Waals surface area contributed by atoms with Gasteiger partial charge in [-0.2, -0.15) is 0 Å². The normalized spacial score (nSPS) is 9.73. The standard InChI is InChI=1S/C16H14N4O5S/c1-25-15(22)10-5-7-12(8-6-10)17-16(26)19-18-14(21)11-3-2-4-13(9-11)20(23)24/h2-9H,1H3,(H,18,21)(H2,17,19,26). The predicted molar refractivity (Wildman–Crippen MR) is 97.7 cm³/mol. The van der Waals surface area contributed by atoms with Crippen molar-refractivity contribution in [2.75, 3.05) is 12.4 Å². The molecule has 0 atom stereocenters. The summed E-state index contributed by atoms with van der Waals surface area (Å²) < 4.78 is 4.60. The van der Waals surface area contributed by atoms with E-state index < -0.39 is 16.8 Å². The van der Waals surface area contributed by atoms with Crippen LogP contribution >= 0.6 is 12.2 Å². The molecule has 26 heavy (non-hydrogen) atoms. The minimum absolute atomic E-state index is 0.0922. The van der Waals surface area contributed by atoms with E-state index in [-0.39, 0.29) is 16.4 Å². The van der Waals surface area contributed by atoms with Gasteiger partial charge in [0.1, 0.15) is 0 Å². The summed E-state index contributed by atoms with van der Waals surface area (Å²) in [6, 6.07) is 11.6. The van der Waals surface area contributed by atoms with E-state index in [2.05, 4.69) is 20.9 Å². The van der Waals surface area contributed by atoms with Crippen LogP contribution in [0.1, 0.15) is 20.7 Å². The predicted octanol–water partition coefficient (Wildman–Crippen LogP) is 2.01. The molecule has 0 bridgehead atoms. The summed E-state index contributed by atoms with van der Waals surface area (Å²) in [6.45, 7) is 0. The molecule has 2 aromatic rings. The van der Waals surface area contributed by atoms with Gasteiger partial charge in [0.25, 0.3) is 11.6 Å². The Morgan fingerprint density at radius 2 is 1.77 bits per heavy atom. The number of hydrazine groups is 1. The molecule has 134 valence electrons. The van der Waals surface area contributed by atoms with Crippen molar-refractivity contribution in [1.82, 2.24) is 10.9 Å². The Kier molecular flexibility index (Phi) is 6.17. The number of methoxy groups -OCH3 is 1. The number of non-ortho nitro benzene ring substituents is 1. The third-order valence-electron chi connectivity index (χ3n) is 3.17. The summed E-state index contributed by atoms with van der Waals surface area (Å²) in [5.41, 5.74) is 5.71. The maximum absolute atomic E-state index is 12.0. The van der Waals surface area contributed by atoms with Crippen molar-refractivity contribution in [2.24, 2.45) is 0 Å². The number of amides is 1. The third-order valence-corrected chi connectivity index (χ3v) is 3.38.